The number of nitrogens with one attached hydrogen (secondary N) is 2. The van der Waals surface area contributed by atoms with E-state index < -0.39 is 5.97 Å². The number of aryl methyl sites for hydroxylation is 1. The number of carbonyl (C=O) groups is 2. The Morgan fingerprint density at radius 2 is 2.05 bits per heavy atom. The van der Waals surface area contributed by atoms with Gasteiger partial charge in [-0.1, -0.05) is 12.1 Å². The Morgan fingerprint density at radius 1 is 1.29 bits per heavy atom. The van der Waals surface area contributed by atoms with Crippen molar-refractivity contribution in [3.05, 3.63) is 52.8 Å². The third kappa shape index (κ3) is 2.65. The lowest BCUT2D eigenvalue weighted by atomic mass is 9.93. The summed E-state index contributed by atoms with van der Waals surface area (Å²) in [6.45, 7) is 0. The number of fused-ring (bicyclic) bond motifs is 1. The molecule has 1 heterocycles. The lowest BCUT2D eigenvalue weighted by Crippen LogP contribution is -2.39. The first kappa shape index (κ1) is 13.4. The van der Waals surface area contributed by atoms with Crippen molar-refractivity contribution >= 4 is 11.9 Å². The number of hydrogen-bond acceptors (Lipinski definition) is 3. The molecule has 0 spiro atoms. The quantitative estimate of drug-likeness (QED) is 0.794. The first-order valence-electron chi connectivity index (χ1n) is 6.79. The molecule has 0 bridgehead atoms. The lowest BCUT2D eigenvalue weighted by molar-refractivity contribution is 0.0690. The Balaban J connectivity index is 1.75. The van der Waals surface area contributed by atoms with Crippen molar-refractivity contribution in [3.8, 4) is 0 Å². The van der Waals surface area contributed by atoms with Gasteiger partial charge in [0.1, 0.15) is 0 Å². The molecule has 1 aromatic heterocycles. The van der Waals surface area contributed by atoms with E-state index in [0.717, 1.165) is 18.5 Å². The summed E-state index contributed by atoms with van der Waals surface area (Å²) >= 11 is 0. The van der Waals surface area contributed by atoms with Gasteiger partial charge in [0.2, 0.25) is 0 Å². The summed E-state index contributed by atoms with van der Waals surface area (Å²) in [5.74, 6) is -1.44. The summed E-state index contributed by atoms with van der Waals surface area (Å²) in [6, 6.07) is 6.23. The lowest BCUT2D eigenvalue weighted by Gasteiger charge is -2.23. The van der Waals surface area contributed by atoms with Gasteiger partial charge >= 0.3 is 5.97 Å². The van der Waals surface area contributed by atoms with Gasteiger partial charge < -0.3 is 10.4 Å². The summed E-state index contributed by atoms with van der Waals surface area (Å²) in [7, 11) is 0. The van der Waals surface area contributed by atoms with Gasteiger partial charge in [-0.2, -0.15) is 5.10 Å². The highest BCUT2D eigenvalue weighted by atomic mass is 16.4. The van der Waals surface area contributed by atoms with Crippen molar-refractivity contribution in [2.24, 2.45) is 0 Å². The molecular formula is C15H15N3O3. The number of H-pyrrole nitrogens is 1. The van der Waals surface area contributed by atoms with Crippen LogP contribution in [-0.4, -0.2) is 33.2 Å². The first-order valence-corrected chi connectivity index (χ1v) is 6.79. The molecular weight excluding hydrogens is 270 g/mol. The number of aromatic amines is 1. The predicted octanol–water partition coefficient (Wildman–Crippen LogP) is 1.40. The average Bonchev–Trinajstić information content (AvgIpc) is 2.94. The maximum absolute atomic E-state index is 12.3. The van der Waals surface area contributed by atoms with Gasteiger partial charge in [0.15, 0.2) is 0 Å². The largest absolute Gasteiger partial charge is 0.478 e. The molecule has 1 atom stereocenters. The Labute approximate surface area is 121 Å². The van der Waals surface area contributed by atoms with Gasteiger partial charge in [-0.3, -0.25) is 9.89 Å². The fourth-order valence-electron chi connectivity index (χ4n) is 2.66. The van der Waals surface area contributed by atoms with Crippen LogP contribution in [0.1, 0.15) is 38.4 Å². The molecule has 108 valence electrons. The number of aromatic carboxylic acids is 1. The van der Waals surface area contributed by atoms with Crippen LogP contribution in [0.3, 0.4) is 0 Å². The van der Waals surface area contributed by atoms with Crippen molar-refractivity contribution in [1.82, 2.24) is 15.5 Å². The Bertz CT molecular complexity index is 693. The van der Waals surface area contributed by atoms with Crippen LogP contribution in [0.4, 0.5) is 0 Å². The van der Waals surface area contributed by atoms with Crippen molar-refractivity contribution in [2.45, 2.75) is 25.3 Å². The van der Waals surface area contributed by atoms with Gasteiger partial charge in [0, 0.05) is 18.2 Å². The molecule has 21 heavy (non-hydrogen) atoms. The van der Waals surface area contributed by atoms with Crippen LogP contribution in [0.5, 0.6) is 0 Å². The molecule has 3 N–H and O–H groups in total. The van der Waals surface area contributed by atoms with E-state index in [2.05, 4.69) is 15.5 Å². The summed E-state index contributed by atoms with van der Waals surface area (Å²) in [5, 5.41) is 19.0. The number of hydrogen-bond donors (Lipinski definition) is 3. The molecule has 3 rings (SSSR count). The molecule has 1 aromatic carbocycles. The number of amides is 1. The predicted molar refractivity (Wildman–Crippen MR) is 75.3 cm³/mol. The maximum Gasteiger partial charge on any atom is 0.336 e. The fourth-order valence-corrected chi connectivity index (χ4v) is 2.66. The minimum absolute atomic E-state index is 0.00713. The van der Waals surface area contributed by atoms with Gasteiger partial charge in [-0.05, 0) is 30.5 Å². The average molecular weight is 285 g/mol. The van der Waals surface area contributed by atoms with Crippen molar-refractivity contribution in [1.29, 1.82) is 0 Å². The van der Waals surface area contributed by atoms with E-state index in [-0.39, 0.29) is 23.1 Å². The molecule has 1 aliphatic carbocycles. The van der Waals surface area contributed by atoms with Crippen LogP contribution in [0.2, 0.25) is 0 Å². The van der Waals surface area contributed by atoms with E-state index in [9.17, 15) is 9.59 Å². The maximum atomic E-state index is 12.3. The standard InChI is InChI=1S/C15H15N3O3/c19-14(11-3-1-2-4-12(11)15(20)21)17-10-6-5-9-8-16-18-13(9)7-10/h1-4,8,10H,5-7H2,(H,16,18)(H,17,19)(H,20,21)/t10-/m0/s1. The minimum atomic E-state index is -1.10. The molecule has 0 saturated heterocycles. The normalized spacial score (nSPS) is 17.0. The molecule has 1 aliphatic rings. The second-order valence-corrected chi connectivity index (χ2v) is 5.14. The summed E-state index contributed by atoms with van der Waals surface area (Å²) in [4.78, 5) is 23.4. The highest BCUT2D eigenvalue weighted by molar-refractivity contribution is 6.04. The van der Waals surface area contributed by atoms with E-state index in [1.54, 1.807) is 12.1 Å². The fraction of sp³-hybridized carbons (Fsp3) is 0.267. The Kier molecular flexibility index (Phi) is 3.43. The van der Waals surface area contributed by atoms with Crippen molar-refractivity contribution < 1.29 is 14.7 Å². The zero-order valence-corrected chi connectivity index (χ0v) is 11.3. The second kappa shape index (κ2) is 5.40. The smallest absolute Gasteiger partial charge is 0.336 e. The highest BCUT2D eigenvalue weighted by Crippen LogP contribution is 2.19. The van der Waals surface area contributed by atoms with E-state index in [4.69, 9.17) is 5.11 Å². The third-order valence-corrected chi connectivity index (χ3v) is 3.76. The Hall–Kier alpha value is -2.63. The minimum Gasteiger partial charge on any atom is -0.478 e. The van der Waals surface area contributed by atoms with Crippen LogP contribution in [0.25, 0.3) is 0 Å². The van der Waals surface area contributed by atoms with Crippen molar-refractivity contribution in [3.63, 3.8) is 0 Å². The van der Waals surface area contributed by atoms with Gasteiger partial charge in [0.05, 0.1) is 17.3 Å². The zero-order valence-electron chi connectivity index (χ0n) is 11.3. The van der Waals surface area contributed by atoms with E-state index in [0.29, 0.717) is 6.42 Å². The number of carbonyl (C=O) groups excluding carboxylic acids is 1. The highest BCUT2D eigenvalue weighted by Gasteiger charge is 2.23. The summed E-state index contributed by atoms with van der Waals surface area (Å²) in [5.41, 5.74) is 2.44. The Morgan fingerprint density at radius 3 is 2.81 bits per heavy atom. The van der Waals surface area contributed by atoms with Gasteiger partial charge in [-0.25, -0.2) is 4.79 Å². The summed E-state index contributed by atoms with van der Waals surface area (Å²) in [6.07, 6.45) is 4.19. The molecule has 0 radical (unpaired) electrons. The molecule has 0 aliphatic heterocycles. The number of carboxylic acids is 1. The monoisotopic (exact) mass is 285 g/mol. The third-order valence-electron chi connectivity index (χ3n) is 3.76. The zero-order chi connectivity index (χ0) is 14.8. The van der Waals surface area contributed by atoms with Crippen LogP contribution in [0, 0.1) is 0 Å². The number of nitrogens with zero attached hydrogens (tertiary/aromatic N) is 1. The van der Waals surface area contributed by atoms with Crippen LogP contribution in [-0.2, 0) is 12.8 Å². The number of carboxylic acid groups (broad SMARTS) is 1. The van der Waals surface area contributed by atoms with E-state index in [1.807, 2.05) is 6.20 Å². The molecule has 0 saturated carbocycles. The van der Waals surface area contributed by atoms with Crippen LogP contribution >= 0.6 is 0 Å². The number of aromatic nitrogens is 2. The first-order chi connectivity index (χ1) is 10.1. The topological polar surface area (TPSA) is 95.1 Å². The van der Waals surface area contributed by atoms with Crippen LogP contribution in [0.15, 0.2) is 30.5 Å². The van der Waals surface area contributed by atoms with Gasteiger partial charge in [0.25, 0.3) is 5.91 Å². The van der Waals surface area contributed by atoms with E-state index >= 15 is 0 Å². The molecule has 6 nitrogen and oxygen atoms in total. The second-order valence-electron chi connectivity index (χ2n) is 5.14. The SMILES string of the molecule is O=C(O)c1ccccc1C(=O)N[C@H]1CCc2cn[nH]c2C1. The number of benzene rings is 1. The van der Waals surface area contributed by atoms with Crippen molar-refractivity contribution in [2.75, 3.05) is 0 Å². The molecule has 0 unspecified atom stereocenters. The van der Waals surface area contributed by atoms with E-state index in [1.165, 1.54) is 17.7 Å². The number of rotatable bonds is 3. The van der Waals surface area contributed by atoms with Crippen LogP contribution < -0.4 is 5.32 Å². The molecule has 1 amide bonds. The summed E-state index contributed by atoms with van der Waals surface area (Å²) < 4.78 is 0. The van der Waals surface area contributed by atoms with Gasteiger partial charge in [-0.15, -0.1) is 0 Å². The molecule has 0 fully saturated rings. The molecule has 6 heteroatoms. The molecule has 2 aromatic rings.